The molecule has 8 atom stereocenters. The maximum absolute atomic E-state index is 15.8. The van der Waals surface area contributed by atoms with Gasteiger partial charge in [-0.1, -0.05) is 180 Å². The SMILES string of the molecule is C=C(C[C@H](O)C[C@H]1CCC[C@@H](C[C@@H](O[Si](c2ccccc2)(c2ccccc2)C(C)(C)C)C(=O)O[C@@H](CO[Si](C)(C)C(C)(C)C)C[C@@H]2C/C(=C\C(=O)OC)[C@H](OC(=O)CCCCCCC)[C@](O)(C(C)(C)/C=C/C=O)O2)O1)C[Si](C)(C)C. The third-order valence-corrected chi connectivity index (χ3v) is 27.4. The number of rotatable bonds is 30. The Bertz CT molecular complexity index is 2310. The van der Waals surface area contributed by atoms with Crippen LogP contribution < -0.4 is 10.4 Å². The number of ether oxygens (including phenoxy) is 5. The first-order chi connectivity index (χ1) is 37.3. The lowest BCUT2D eigenvalue weighted by Crippen LogP contribution is -2.68. The van der Waals surface area contributed by atoms with Gasteiger partial charge >= 0.3 is 17.9 Å². The lowest BCUT2D eigenvalue weighted by Gasteiger charge is -2.51. The number of esters is 3. The number of allylic oxidation sites excluding steroid dienone is 1. The molecule has 0 saturated carbocycles. The standard InChI is InChI=1S/C64H102O13Si3/c1-17-18-19-20-27-36-57(67)75-59-48(41-58(68)71-11)40-52(76-64(59,70)63(9,10)37-29-38-65)43-53(45-72-79(15,16)61(3,4)5)74-60(69)56(44-51-31-28-30-50(73-51)42-49(66)39-47(2)46-78(12,13)14)77-80(62(6,7)8,54-32-23-21-24-33-54)55-34-25-22-26-35-55/h21-26,29,32-35,37-38,41,49-53,56,59,66,70H,2,17-20,27-28,30-31,36,39-40,42-46H2,1,3-16H3/b37-29+,48-41+/t49-,50+,51-,52-,53+,56+,59-,64+/m0/s1. The second-order valence-corrected chi connectivity index (χ2v) is 41.4. The number of methoxy groups -OCH3 is 1. The van der Waals surface area contributed by atoms with Gasteiger partial charge in [-0.15, -0.1) is 6.58 Å². The normalized spacial score (nSPS) is 22.3. The van der Waals surface area contributed by atoms with Crippen molar-refractivity contribution in [2.24, 2.45) is 5.41 Å². The summed E-state index contributed by atoms with van der Waals surface area (Å²) in [5.74, 6) is -4.27. The van der Waals surface area contributed by atoms with Gasteiger partial charge in [0.25, 0.3) is 8.32 Å². The van der Waals surface area contributed by atoms with Gasteiger partial charge in [-0.3, -0.25) is 9.59 Å². The Hall–Kier alpha value is -3.85. The number of benzene rings is 2. The Morgan fingerprint density at radius 3 is 1.95 bits per heavy atom. The summed E-state index contributed by atoms with van der Waals surface area (Å²) in [5.41, 5.74) is -0.107. The van der Waals surface area contributed by atoms with E-state index in [-0.39, 0.29) is 49.0 Å². The summed E-state index contributed by atoms with van der Waals surface area (Å²) in [6, 6.07) is 21.2. The van der Waals surface area contributed by atoms with E-state index >= 15 is 4.79 Å². The molecule has 0 spiro atoms. The number of hydrogen-bond acceptors (Lipinski definition) is 13. The number of carbonyl (C=O) groups excluding carboxylic acids is 4. The highest BCUT2D eigenvalue weighted by atomic mass is 28.4. The number of aldehydes is 1. The Kier molecular flexibility index (Phi) is 25.8. The molecular formula is C64H102O13Si3. The van der Waals surface area contributed by atoms with E-state index in [1.165, 1.54) is 25.3 Å². The summed E-state index contributed by atoms with van der Waals surface area (Å²) in [6.07, 6.45) is 6.56. The molecule has 448 valence electrons. The summed E-state index contributed by atoms with van der Waals surface area (Å²) in [4.78, 5) is 54.6. The van der Waals surface area contributed by atoms with Crippen molar-refractivity contribution in [3.63, 3.8) is 0 Å². The minimum Gasteiger partial charge on any atom is -0.466 e. The van der Waals surface area contributed by atoms with Crippen LogP contribution in [-0.4, -0.2) is 121 Å². The van der Waals surface area contributed by atoms with Gasteiger partial charge in [0.05, 0.1) is 38.1 Å². The molecule has 2 aliphatic rings. The molecule has 16 heteroatoms. The minimum absolute atomic E-state index is 0.0237. The first kappa shape index (κ1) is 68.6. The van der Waals surface area contributed by atoms with Gasteiger partial charge in [0, 0.05) is 38.8 Å². The molecule has 2 aromatic carbocycles. The van der Waals surface area contributed by atoms with Crippen molar-refractivity contribution in [2.75, 3.05) is 13.7 Å². The number of hydrogen-bond donors (Lipinski definition) is 2. The molecule has 0 amide bonds. The van der Waals surface area contributed by atoms with Crippen LogP contribution in [0.1, 0.15) is 152 Å². The molecule has 13 nitrogen and oxygen atoms in total. The zero-order chi connectivity index (χ0) is 59.7. The van der Waals surface area contributed by atoms with Crippen molar-refractivity contribution >= 4 is 59.3 Å². The smallest absolute Gasteiger partial charge is 0.334 e. The van der Waals surface area contributed by atoms with Gasteiger partial charge in [-0.05, 0) is 96.2 Å². The summed E-state index contributed by atoms with van der Waals surface area (Å²) in [5, 5.41) is 25.7. The maximum atomic E-state index is 15.8. The van der Waals surface area contributed by atoms with Gasteiger partial charge in [0.2, 0.25) is 5.79 Å². The molecule has 0 radical (unpaired) electrons. The first-order valence-electron chi connectivity index (χ1n) is 29.5. The Morgan fingerprint density at radius 2 is 1.41 bits per heavy atom. The van der Waals surface area contributed by atoms with Crippen LogP contribution >= 0.6 is 0 Å². The molecule has 80 heavy (non-hydrogen) atoms. The summed E-state index contributed by atoms with van der Waals surface area (Å²) < 4.78 is 46.4. The van der Waals surface area contributed by atoms with Crippen molar-refractivity contribution in [1.82, 2.24) is 0 Å². The van der Waals surface area contributed by atoms with Crippen LogP contribution in [0.2, 0.25) is 48.9 Å². The lowest BCUT2D eigenvalue weighted by atomic mass is 9.74. The van der Waals surface area contributed by atoms with Gasteiger partial charge in [0.15, 0.2) is 14.4 Å². The number of unbranched alkanes of at least 4 members (excludes halogenated alkanes) is 4. The molecule has 2 N–H and O–H groups in total. The predicted molar refractivity (Wildman–Crippen MR) is 327 cm³/mol. The predicted octanol–water partition coefficient (Wildman–Crippen LogP) is 12.2. The van der Waals surface area contributed by atoms with Gasteiger partial charge < -0.3 is 42.7 Å². The molecule has 2 fully saturated rings. The van der Waals surface area contributed by atoms with Crippen molar-refractivity contribution in [3.05, 3.63) is 96.6 Å². The van der Waals surface area contributed by atoms with Crippen molar-refractivity contribution in [2.45, 2.75) is 250 Å². The fourth-order valence-corrected chi connectivity index (χ4v) is 18.3. The van der Waals surface area contributed by atoms with Crippen LogP contribution in [0.3, 0.4) is 0 Å². The fourth-order valence-electron chi connectivity index (χ4n) is 11.0. The van der Waals surface area contributed by atoms with Crippen molar-refractivity contribution in [1.29, 1.82) is 0 Å². The summed E-state index contributed by atoms with van der Waals surface area (Å²) in [6.45, 7) is 33.7. The van der Waals surface area contributed by atoms with E-state index in [1.807, 2.05) is 36.4 Å². The summed E-state index contributed by atoms with van der Waals surface area (Å²) >= 11 is 0. The molecule has 0 aliphatic carbocycles. The highest BCUT2D eigenvalue weighted by molar-refractivity contribution is 6.99. The number of carbonyl (C=O) groups is 4. The Balaban J connectivity index is 1.86. The van der Waals surface area contributed by atoms with Crippen LogP contribution in [0.4, 0.5) is 0 Å². The monoisotopic (exact) mass is 1160 g/mol. The zero-order valence-corrected chi connectivity index (χ0v) is 54.5. The van der Waals surface area contributed by atoms with Crippen molar-refractivity contribution in [3.8, 4) is 0 Å². The second-order valence-electron chi connectivity index (χ2n) is 26.9. The van der Waals surface area contributed by atoms with Crippen LogP contribution in [0.25, 0.3) is 0 Å². The average Bonchev–Trinajstić information content (AvgIpc) is 3.36. The third-order valence-electron chi connectivity index (χ3n) is 16.3. The highest BCUT2D eigenvalue weighted by Gasteiger charge is 2.58. The van der Waals surface area contributed by atoms with Crippen molar-refractivity contribution < 1.29 is 61.9 Å². The minimum atomic E-state index is -3.43. The quantitative estimate of drug-likeness (QED) is 0.0144. The van der Waals surface area contributed by atoms with E-state index < -0.39 is 95.5 Å². The van der Waals surface area contributed by atoms with E-state index in [1.54, 1.807) is 13.8 Å². The zero-order valence-electron chi connectivity index (χ0n) is 51.5. The molecule has 2 aliphatic heterocycles. The third kappa shape index (κ3) is 19.6. The average molecular weight is 1160 g/mol. The van der Waals surface area contributed by atoms with Crippen LogP contribution in [-0.2, 0) is 51.7 Å². The lowest BCUT2D eigenvalue weighted by molar-refractivity contribution is -0.327. The second kappa shape index (κ2) is 30.1. The topological polar surface area (TPSA) is 173 Å². The Labute approximate surface area is 484 Å². The molecule has 2 heterocycles. The molecule has 4 rings (SSSR count). The van der Waals surface area contributed by atoms with Crippen LogP contribution in [0.5, 0.6) is 0 Å². The highest BCUT2D eigenvalue weighted by Crippen LogP contribution is 2.47. The van der Waals surface area contributed by atoms with Crippen LogP contribution in [0, 0.1) is 5.41 Å². The van der Waals surface area contributed by atoms with E-state index in [0.717, 1.165) is 60.5 Å². The van der Waals surface area contributed by atoms with Gasteiger partial charge in [-0.25, -0.2) is 9.59 Å². The maximum Gasteiger partial charge on any atom is 0.334 e. The molecule has 2 saturated heterocycles. The fraction of sp³-hybridized carbons (Fsp3) is 0.656. The van der Waals surface area contributed by atoms with Gasteiger partial charge in [-0.2, -0.15) is 0 Å². The Morgan fingerprint density at radius 1 is 0.825 bits per heavy atom. The van der Waals surface area contributed by atoms with Gasteiger partial charge in [0.1, 0.15) is 18.5 Å². The van der Waals surface area contributed by atoms with Crippen LogP contribution in [0.15, 0.2) is 96.6 Å². The van der Waals surface area contributed by atoms with E-state index in [9.17, 15) is 24.6 Å². The molecular weight excluding hydrogens is 1060 g/mol. The molecule has 0 unspecified atom stereocenters. The number of aliphatic hydroxyl groups excluding tert-OH is 1. The van der Waals surface area contributed by atoms with E-state index in [4.69, 9.17) is 32.5 Å². The largest absolute Gasteiger partial charge is 0.466 e. The molecule has 2 aromatic rings. The number of aliphatic hydroxyl groups is 2. The molecule has 0 aromatic heterocycles. The van der Waals surface area contributed by atoms with E-state index in [0.29, 0.717) is 32.0 Å². The summed E-state index contributed by atoms with van der Waals surface area (Å²) in [7, 11) is -6.14. The molecule has 0 bridgehead atoms. The first-order valence-corrected chi connectivity index (χ1v) is 38.0. The van der Waals surface area contributed by atoms with E-state index in [2.05, 4.69) is 112 Å².